The van der Waals surface area contributed by atoms with Crippen LogP contribution in [0.25, 0.3) is 11.3 Å². The third-order valence-electron chi connectivity index (χ3n) is 2.46. The molecule has 0 aliphatic rings. The lowest BCUT2D eigenvalue weighted by Crippen LogP contribution is -1.94. The molecule has 0 bridgehead atoms. The van der Waals surface area contributed by atoms with E-state index >= 15 is 0 Å². The quantitative estimate of drug-likeness (QED) is 0.752. The lowest BCUT2D eigenvalue weighted by molar-refractivity contribution is 0.363. The van der Waals surface area contributed by atoms with Crippen LogP contribution in [-0.4, -0.2) is 18.7 Å². The minimum Gasteiger partial charge on any atom is -0.497 e. The third kappa shape index (κ3) is 2.88. The highest BCUT2D eigenvalue weighted by molar-refractivity contribution is 5.62. The zero-order valence-corrected chi connectivity index (χ0v) is 10.3. The molecule has 2 rings (SSSR count). The first-order valence-electron chi connectivity index (χ1n) is 5.67. The molecule has 0 atom stereocenters. The van der Waals surface area contributed by atoms with E-state index in [4.69, 9.17) is 9.47 Å². The molecule has 0 amide bonds. The maximum atomic E-state index is 5.48. The molecule has 0 fully saturated rings. The van der Waals surface area contributed by atoms with Gasteiger partial charge in [-0.05, 0) is 18.2 Å². The topological polar surface area (TPSA) is 31.4 Å². The van der Waals surface area contributed by atoms with Gasteiger partial charge in [-0.2, -0.15) is 0 Å². The molecule has 0 saturated carbocycles. The molecule has 3 heteroatoms. The van der Waals surface area contributed by atoms with Crippen LogP contribution < -0.4 is 9.47 Å². The number of benzene rings is 1. The van der Waals surface area contributed by atoms with Crippen LogP contribution in [0.2, 0.25) is 0 Å². The van der Waals surface area contributed by atoms with Gasteiger partial charge in [0, 0.05) is 17.8 Å². The second kappa shape index (κ2) is 5.87. The van der Waals surface area contributed by atoms with Crippen LogP contribution in [-0.2, 0) is 0 Å². The first-order valence-corrected chi connectivity index (χ1v) is 5.67. The van der Waals surface area contributed by atoms with Gasteiger partial charge in [0.25, 0.3) is 0 Å². The summed E-state index contributed by atoms with van der Waals surface area (Å²) in [6, 6.07) is 11.5. The number of ether oxygens (including phenoxy) is 2. The molecule has 1 aromatic heterocycles. The Balaban J connectivity index is 2.28. The molecule has 0 spiro atoms. The molecule has 0 saturated heterocycles. The van der Waals surface area contributed by atoms with Crippen molar-refractivity contribution < 1.29 is 9.47 Å². The van der Waals surface area contributed by atoms with Gasteiger partial charge < -0.3 is 9.47 Å². The van der Waals surface area contributed by atoms with Gasteiger partial charge in [-0.15, -0.1) is 0 Å². The smallest absolute Gasteiger partial charge is 0.123 e. The molecule has 0 radical (unpaired) electrons. The Morgan fingerprint density at radius 2 is 2.11 bits per heavy atom. The van der Waals surface area contributed by atoms with Gasteiger partial charge in [-0.1, -0.05) is 24.8 Å². The molecular weight excluding hydrogens is 226 g/mol. The highest BCUT2D eigenvalue weighted by Crippen LogP contribution is 2.24. The van der Waals surface area contributed by atoms with Crippen molar-refractivity contribution in [2.75, 3.05) is 13.7 Å². The van der Waals surface area contributed by atoms with E-state index in [2.05, 4.69) is 11.6 Å². The van der Waals surface area contributed by atoms with Gasteiger partial charge in [-0.25, -0.2) is 0 Å². The Hall–Kier alpha value is -2.29. The van der Waals surface area contributed by atoms with E-state index < -0.39 is 0 Å². The van der Waals surface area contributed by atoms with Crippen molar-refractivity contribution in [3.63, 3.8) is 0 Å². The summed E-state index contributed by atoms with van der Waals surface area (Å²) in [5, 5.41) is 0. The molecule has 1 aromatic carbocycles. The van der Waals surface area contributed by atoms with E-state index in [1.54, 1.807) is 19.4 Å². The predicted molar refractivity (Wildman–Crippen MR) is 71.9 cm³/mol. The number of pyridine rings is 1. The largest absolute Gasteiger partial charge is 0.497 e. The maximum Gasteiger partial charge on any atom is 0.123 e. The maximum absolute atomic E-state index is 5.48. The fourth-order valence-electron chi connectivity index (χ4n) is 1.60. The molecule has 3 nitrogen and oxygen atoms in total. The lowest BCUT2D eigenvalue weighted by atomic mass is 10.1. The van der Waals surface area contributed by atoms with Gasteiger partial charge in [-0.3, -0.25) is 4.98 Å². The van der Waals surface area contributed by atoms with E-state index in [-0.39, 0.29) is 0 Å². The average Bonchev–Trinajstić information content (AvgIpc) is 2.45. The molecule has 0 unspecified atom stereocenters. The summed E-state index contributed by atoms with van der Waals surface area (Å²) in [7, 11) is 1.65. The van der Waals surface area contributed by atoms with Crippen LogP contribution in [0, 0.1) is 0 Å². The summed E-state index contributed by atoms with van der Waals surface area (Å²) in [6.07, 6.45) is 3.44. The van der Waals surface area contributed by atoms with E-state index in [1.807, 2.05) is 36.4 Å². The monoisotopic (exact) mass is 241 g/mol. The molecule has 92 valence electrons. The van der Waals surface area contributed by atoms with Crippen LogP contribution in [0.15, 0.2) is 55.3 Å². The zero-order chi connectivity index (χ0) is 12.8. The zero-order valence-electron chi connectivity index (χ0n) is 10.3. The Kier molecular flexibility index (Phi) is 3.97. The molecule has 2 aromatic rings. The minimum absolute atomic E-state index is 0.488. The molecule has 0 N–H and O–H groups in total. The Morgan fingerprint density at radius 3 is 2.89 bits per heavy atom. The van der Waals surface area contributed by atoms with Crippen molar-refractivity contribution in [1.82, 2.24) is 4.98 Å². The highest BCUT2D eigenvalue weighted by atomic mass is 16.5. The minimum atomic E-state index is 0.488. The fourth-order valence-corrected chi connectivity index (χ4v) is 1.60. The average molecular weight is 241 g/mol. The molecule has 1 heterocycles. The summed E-state index contributed by atoms with van der Waals surface area (Å²) < 4.78 is 10.7. The van der Waals surface area contributed by atoms with Crippen molar-refractivity contribution in [1.29, 1.82) is 0 Å². The summed E-state index contributed by atoms with van der Waals surface area (Å²) in [6.45, 7) is 4.11. The van der Waals surface area contributed by atoms with Gasteiger partial charge in [0.05, 0.1) is 12.8 Å². The second-order valence-corrected chi connectivity index (χ2v) is 3.71. The van der Waals surface area contributed by atoms with Crippen molar-refractivity contribution in [3.8, 4) is 22.8 Å². The standard InChI is InChI=1S/C15H15NO2/c1-3-9-18-14-7-8-16-15(11-14)12-5-4-6-13(10-12)17-2/h3-8,10-11H,1,9H2,2H3. The fraction of sp³-hybridized carbons (Fsp3) is 0.133. The van der Waals surface area contributed by atoms with E-state index in [0.717, 1.165) is 22.8 Å². The third-order valence-corrected chi connectivity index (χ3v) is 2.46. The summed E-state index contributed by atoms with van der Waals surface area (Å²) in [5.74, 6) is 1.59. The Labute approximate surface area is 107 Å². The Bertz CT molecular complexity index is 538. The predicted octanol–water partition coefficient (Wildman–Crippen LogP) is 3.32. The second-order valence-electron chi connectivity index (χ2n) is 3.71. The van der Waals surface area contributed by atoms with Crippen LogP contribution in [0.3, 0.4) is 0 Å². The molecule has 18 heavy (non-hydrogen) atoms. The van der Waals surface area contributed by atoms with Crippen molar-refractivity contribution in [2.45, 2.75) is 0 Å². The number of methoxy groups -OCH3 is 1. The SMILES string of the molecule is C=CCOc1ccnc(-c2cccc(OC)c2)c1. The summed E-state index contributed by atoms with van der Waals surface area (Å²) in [4.78, 5) is 4.33. The number of aromatic nitrogens is 1. The van der Waals surface area contributed by atoms with E-state index in [0.29, 0.717) is 6.61 Å². The van der Waals surface area contributed by atoms with Crippen molar-refractivity contribution in [3.05, 3.63) is 55.3 Å². The van der Waals surface area contributed by atoms with Crippen LogP contribution in [0.5, 0.6) is 11.5 Å². The number of rotatable bonds is 5. The van der Waals surface area contributed by atoms with Gasteiger partial charge in [0.15, 0.2) is 0 Å². The summed E-state index contributed by atoms with van der Waals surface area (Å²) in [5.41, 5.74) is 1.86. The Morgan fingerprint density at radius 1 is 1.22 bits per heavy atom. The van der Waals surface area contributed by atoms with Crippen LogP contribution in [0.4, 0.5) is 0 Å². The number of hydrogen-bond acceptors (Lipinski definition) is 3. The molecule has 0 aliphatic heterocycles. The van der Waals surface area contributed by atoms with Gasteiger partial charge >= 0.3 is 0 Å². The first kappa shape index (κ1) is 12.2. The first-order chi connectivity index (χ1) is 8.83. The van der Waals surface area contributed by atoms with Crippen LogP contribution >= 0.6 is 0 Å². The van der Waals surface area contributed by atoms with Gasteiger partial charge in [0.1, 0.15) is 18.1 Å². The van der Waals surface area contributed by atoms with Crippen LogP contribution in [0.1, 0.15) is 0 Å². The normalized spacial score (nSPS) is 9.83. The van der Waals surface area contributed by atoms with E-state index in [9.17, 15) is 0 Å². The number of nitrogens with zero attached hydrogens (tertiary/aromatic N) is 1. The molecule has 0 aliphatic carbocycles. The van der Waals surface area contributed by atoms with Crippen molar-refractivity contribution >= 4 is 0 Å². The molecular formula is C15H15NO2. The van der Waals surface area contributed by atoms with Crippen molar-refractivity contribution in [2.24, 2.45) is 0 Å². The number of hydrogen-bond donors (Lipinski definition) is 0. The summed E-state index contributed by atoms with van der Waals surface area (Å²) >= 11 is 0. The highest BCUT2D eigenvalue weighted by Gasteiger charge is 2.02. The van der Waals surface area contributed by atoms with Gasteiger partial charge in [0.2, 0.25) is 0 Å². The lowest BCUT2D eigenvalue weighted by Gasteiger charge is -2.07. The van der Waals surface area contributed by atoms with E-state index in [1.165, 1.54) is 0 Å².